The third-order valence-electron chi connectivity index (χ3n) is 5.51. The summed E-state index contributed by atoms with van der Waals surface area (Å²) in [5.74, 6) is 1.32. The van der Waals surface area contributed by atoms with Crippen LogP contribution in [-0.4, -0.2) is 10.9 Å². The minimum Gasteiger partial charge on any atom is -0.266 e. The van der Waals surface area contributed by atoms with E-state index in [4.69, 9.17) is 5.26 Å². The number of aromatic nitrogens is 1. The summed E-state index contributed by atoms with van der Waals surface area (Å²) in [6.45, 7) is 8.24. The number of fused-ring (bicyclic) bond motifs is 1. The Hall–Kier alpha value is -2.15. The zero-order valence-corrected chi connectivity index (χ0v) is 13.6. The normalized spacial score (nSPS) is 25.5. The number of allylic oxidation sites excluding steroid dienone is 2. The van der Waals surface area contributed by atoms with Gasteiger partial charge in [-0.1, -0.05) is 19.9 Å². The molecule has 0 spiro atoms. The van der Waals surface area contributed by atoms with Gasteiger partial charge in [0.05, 0.1) is 6.21 Å². The van der Waals surface area contributed by atoms with Crippen LogP contribution in [0.15, 0.2) is 27.6 Å². The molecule has 2 atom stereocenters. The Morgan fingerprint density at radius 1 is 1.45 bits per heavy atom. The first kappa shape index (κ1) is 14.8. The molecule has 0 aliphatic heterocycles. The second-order valence-corrected chi connectivity index (χ2v) is 7.06. The zero-order chi connectivity index (χ0) is 16.1. The van der Waals surface area contributed by atoms with Crippen LogP contribution in [-0.2, 0) is 0 Å². The van der Waals surface area contributed by atoms with E-state index in [1.54, 1.807) is 6.92 Å². The lowest BCUT2D eigenvalue weighted by Crippen LogP contribution is -2.48. The molecule has 4 heteroatoms. The molecule has 1 fully saturated rings. The molecule has 3 aliphatic rings. The van der Waals surface area contributed by atoms with Crippen molar-refractivity contribution in [1.29, 1.82) is 5.26 Å². The fraction of sp³-hybridized carbons (Fsp3) is 0.500. The highest BCUT2D eigenvalue weighted by atomic mass is 16.1. The predicted molar refractivity (Wildman–Crippen MR) is 86.9 cm³/mol. The van der Waals surface area contributed by atoms with Gasteiger partial charge in [-0.05, 0) is 61.1 Å². The molecule has 1 heterocycles. The standard InChI is InChI=1S/C18H21N3O/c1-11-7-12(2)21(17(22)15(11)9-19)20-10-13-5-6-14-8-16(13)18(14,3)4/h5,7,10,14,16H,6,8H2,1-4H3/b20-10+. The van der Waals surface area contributed by atoms with Crippen LogP contribution >= 0.6 is 0 Å². The molecule has 1 aromatic heterocycles. The Labute approximate surface area is 130 Å². The molecule has 0 radical (unpaired) electrons. The van der Waals surface area contributed by atoms with Crippen LogP contribution in [0.5, 0.6) is 0 Å². The Kier molecular flexibility index (Phi) is 3.32. The summed E-state index contributed by atoms with van der Waals surface area (Å²) in [6, 6.07) is 3.81. The van der Waals surface area contributed by atoms with Gasteiger partial charge in [-0.3, -0.25) is 4.79 Å². The molecule has 0 saturated heterocycles. The summed E-state index contributed by atoms with van der Waals surface area (Å²) >= 11 is 0. The molecule has 0 aromatic carbocycles. The molecule has 0 amide bonds. The van der Waals surface area contributed by atoms with Gasteiger partial charge >= 0.3 is 0 Å². The fourth-order valence-corrected chi connectivity index (χ4v) is 3.83. The second-order valence-electron chi connectivity index (χ2n) is 7.06. The maximum Gasteiger partial charge on any atom is 0.289 e. The van der Waals surface area contributed by atoms with Crippen LogP contribution < -0.4 is 5.56 Å². The van der Waals surface area contributed by atoms with Crippen molar-refractivity contribution in [3.05, 3.63) is 44.9 Å². The third kappa shape index (κ3) is 2.04. The molecule has 114 valence electrons. The van der Waals surface area contributed by atoms with Crippen LogP contribution in [0.2, 0.25) is 0 Å². The molecule has 1 aromatic rings. The van der Waals surface area contributed by atoms with Gasteiger partial charge in [-0.2, -0.15) is 10.4 Å². The molecule has 1 saturated carbocycles. The van der Waals surface area contributed by atoms with E-state index in [1.165, 1.54) is 16.7 Å². The summed E-state index contributed by atoms with van der Waals surface area (Å²) < 4.78 is 1.34. The van der Waals surface area contributed by atoms with E-state index < -0.39 is 0 Å². The van der Waals surface area contributed by atoms with Crippen molar-refractivity contribution in [3.63, 3.8) is 0 Å². The molecule has 4 rings (SSSR count). The van der Waals surface area contributed by atoms with Crippen LogP contribution in [0.25, 0.3) is 0 Å². The average Bonchev–Trinajstić information content (AvgIpc) is 2.47. The summed E-state index contributed by atoms with van der Waals surface area (Å²) in [5.41, 5.74) is 2.85. The Bertz CT molecular complexity index is 790. The van der Waals surface area contributed by atoms with E-state index in [0.717, 1.165) is 18.0 Å². The van der Waals surface area contributed by atoms with Crippen molar-refractivity contribution in [1.82, 2.24) is 4.68 Å². The lowest BCUT2D eigenvalue weighted by molar-refractivity contribution is -0.00127. The van der Waals surface area contributed by atoms with E-state index >= 15 is 0 Å². The van der Waals surface area contributed by atoms with E-state index in [0.29, 0.717) is 16.9 Å². The zero-order valence-electron chi connectivity index (χ0n) is 13.6. The quantitative estimate of drug-likeness (QED) is 0.787. The van der Waals surface area contributed by atoms with E-state index in [2.05, 4.69) is 25.0 Å². The second kappa shape index (κ2) is 4.95. The SMILES string of the molecule is Cc1cc(C)n(/N=C/C2=CCC3CC2C3(C)C)c(=O)c1C#N. The number of hydrogen-bond acceptors (Lipinski definition) is 3. The summed E-state index contributed by atoms with van der Waals surface area (Å²) in [7, 11) is 0. The average molecular weight is 295 g/mol. The van der Waals surface area contributed by atoms with Gasteiger partial charge in [0.2, 0.25) is 0 Å². The van der Waals surface area contributed by atoms with Crippen molar-refractivity contribution in [2.24, 2.45) is 22.4 Å². The number of nitriles is 1. The highest BCUT2D eigenvalue weighted by Crippen LogP contribution is 2.58. The summed E-state index contributed by atoms with van der Waals surface area (Å²) in [5, 5.41) is 13.5. The van der Waals surface area contributed by atoms with Gasteiger partial charge < -0.3 is 0 Å². The number of pyridine rings is 1. The highest BCUT2D eigenvalue weighted by molar-refractivity contribution is 5.80. The van der Waals surface area contributed by atoms with Crippen molar-refractivity contribution >= 4 is 6.21 Å². The molecular formula is C18H21N3O. The predicted octanol–water partition coefficient (Wildman–Crippen LogP) is 3.16. The topological polar surface area (TPSA) is 58.1 Å². The summed E-state index contributed by atoms with van der Waals surface area (Å²) in [6.07, 6.45) is 6.37. The maximum atomic E-state index is 12.3. The first-order chi connectivity index (χ1) is 10.4. The largest absolute Gasteiger partial charge is 0.289 e. The monoisotopic (exact) mass is 295 g/mol. The van der Waals surface area contributed by atoms with Crippen LogP contribution in [0.3, 0.4) is 0 Å². The van der Waals surface area contributed by atoms with Gasteiger partial charge in [-0.15, -0.1) is 0 Å². The van der Waals surface area contributed by atoms with Gasteiger partial charge in [-0.25, -0.2) is 4.68 Å². The van der Waals surface area contributed by atoms with E-state index in [-0.39, 0.29) is 11.1 Å². The number of aryl methyl sites for hydroxylation is 2. The smallest absolute Gasteiger partial charge is 0.266 e. The summed E-state index contributed by atoms with van der Waals surface area (Å²) in [4.78, 5) is 12.3. The first-order valence-electron chi connectivity index (χ1n) is 7.74. The van der Waals surface area contributed by atoms with Crippen molar-refractivity contribution in [2.75, 3.05) is 0 Å². The molecular weight excluding hydrogens is 274 g/mol. The van der Waals surface area contributed by atoms with E-state index in [9.17, 15) is 4.79 Å². The number of hydrogen-bond donors (Lipinski definition) is 0. The minimum atomic E-state index is -0.335. The molecule has 3 aliphatic carbocycles. The molecule has 4 nitrogen and oxygen atoms in total. The van der Waals surface area contributed by atoms with Crippen LogP contribution in [0.4, 0.5) is 0 Å². The number of rotatable bonds is 2. The Morgan fingerprint density at radius 2 is 2.18 bits per heavy atom. The molecule has 22 heavy (non-hydrogen) atoms. The lowest BCUT2D eigenvalue weighted by atomic mass is 9.49. The molecule has 2 unspecified atom stereocenters. The van der Waals surface area contributed by atoms with Crippen LogP contribution in [0.1, 0.15) is 43.5 Å². The lowest BCUT2D eigenvalue weighted by Gasteiger charge is -2.55. The van der Waals surface area contributed by atoms with Gasteiger partial charge in [0, 0.05) is 5.69 Å². The Morgan fingerprint density at radius 3 is 2.77 bits per heavy atom. The first-order valence-corrected chi connectivity index (χ1v) is 7.74. The third-order valence-corrected chi connectivity index (χ3v) is 5.51. The van der Waals surface area contributed by atoms with Crippen molar-refractivity contribution in [3.8, 4) is 6.07 Å². The Balaban J connectivity index is 1.97. The van der Waals surface area contributed by atoms with Crippen LogP contribution in [0, 0.1) is 42.4 Å². The van der Waals surface area contributed by atoms with Gasteiger partial charge in [0.1, 0.15) is 11.6 Å². The molecule has 0 N–H and O–H groups in total. The van der Waals surface area contributed by atoms with Crippen molar-refractivity contribution < 1.29 is 0 Å². The van der Waals surface area contributed by atoms with Gasteiger partial charge in [0.25, 0.3) is 5.56 Å². The number of nitrogens with zero attached hydrogens (tertiary/aromatic N) is 3. The highest BCUT2D eigenvalue weighted by Gasteiger charge is 2.50. The van der Waals surface area contributed by atoms with E-state index in [1.807, 2.05) is 25.3 Å². The minimum absolute atomic E-state index is 0.171. The van der Waals surface area contributed by atoms with Crippen molar-refractivity contribution in [2.45, 2.75) is 40.5 Å². The fourth-order valence-electron chi connectivity index (χ4n) is 3.83. The molecule has 2 bridgehead atoms. The van der Waals surface area contributed by atoms with Gasteiger partial charge in [0.15, 0.2) is 0 Å². The maximum absolute atomic E-state index is 12.3.